The molecule has 1 aliphatic rings. The molecule has 0 aliphatic heterocycles. The van der Waals surface area contributed by atoms with E-state index in [0.717, 1.165) is 48.3 Å². The van der Waals surface area contributed by atoms with Crippen LogP contribution in [0.15, 0.2) is 36.0 Å². The molecule has 3 rings (SSSR count). The van der Waals surface area contributed by atoms with Crippen molar-refractivity contribution < 1.29 is 13.2 Å². The second kappa shape index (κ2) is 7.52. The standard InChI is InChI=1S/C21H23F3N2/c1-4-25-21-17(13(2)3)7-8-26(21)16-6-5-14(10-16)9-15-11-18(22)20(24)19(23)12-15/h4,7-8,11-12,14,16H,2,5-6,9-10H2,1,3H3/b25-4-. The van der Waals surface area contributed by atoms with Crippen molar-refractivity contribution in [3.8, 4) is 0 Å². The zero-order valence-corrected chi connectivity index (χ0v) is 15.1. The van der Waals surface area contributed by atoms with E-state index in [1.165, 1.54) is 0 Å². The first-order valence-electron chi connectivity index (χ1n) is 8.89. The normalized spacial score (nSPS) is 20.2. The highest BCUT2D eigenvalue weighted by Gasteiger charge is 2.28. The molecule has 1 aliphatic carbocycles. The van der Waals surface area contributed by atoms with Crippen LogP contribution in [0.5, 0.6) is 0 Å². The summed E-state index contributed by atoms with van der Waals surface area (Å²) in [5.41, 5.74) is 2.51. The Morgan fingerprint density at radius 2 is 1.96 bits per heavy atom. The van der Waals surface area contributed by atoms with E-state index in [1.807, 2.05) is 26.1 Å². The number of allylic oxidation sites excluding steroid dienone is 1. The lowest BCUT2D eigenvalue weighted by Gasteiger charge is -2.16. The molecule has 1 aromatic carbocycles. The fourth-order valence-corrected chi connectivity index (χ4v) is 3.87. The fourth-order valence-electron chi connectivity index (χ4n) is 3.87. The number of benzene rings is 1. The number of hydrogen-bond acceptors (Lipinski definition) is 1. The van der Waals surface area contributed by atoms with Crippen LogP contribution in [0.25, 0.3) is 5.57 Å². The number of rotatable bonds is 5. The van der Waals surface area contributed by atoms with Crippen molar-refractivity contribution in [3.05, 3.63) is 59.6 Å². The third-order valence-corrected chi connectivity index (χ3v) is 5.07. The minimum absolute atomic E-state index is 0.293. The van der Waals surface area contributed by atoms with Crippen LogP contribution >= 0.6 is 0 Å². The van der Waals surface area contributed by atoms with Crippen molar-refractivity contribution >= 4 is 17.6 Å². The summed E-state index contributed by atoms with van der Waals surface area (Å²) in [6.07, 6.45) is 7.20. The van der Waals surface area contributed by atoms with Gasteiger partial charge in [0, 0.05) is 24.0 Å². The third-order valence-electron chi connectivity index (χ3n) is 5.07. The predicted molar refractivity (Wildman–Crippen MR) is 99.4 cm³/mol. The Morgan fingerprint density at radius 3 is 2.58 bits per heavy atom. The highest BCUT2D eigenvalue weighted by molar-refractivity contribution is 5.73. The molecule has 2 unspecified atom stereocenters. The zero-order chi connectivity index (χ0) is 18.8. The Morgan fingerprint density at radius 1 is 1.27 bits per heavy atom. The first-order chi connectivity index (χ1) is 12.4. The predicted octanol–water partition coefficient (Wildman–Crippen LogP) is 6.24. The molecule has 0 amide bonds. The quantitative estimate of drug-likeness (QED) is 0.443. The van der Waals surface area contributed by atoms with Crippen LogP contribution in [-0.2, 0) is 6.42 Å². The molecule has 0 saturated heterocycles. The minimum atomic E-state index is -1.40. The van der Waals surface area contributed by atoms with E-state index < -0.39 is 17.5 Å². The summed E-state index contributed by atoms with van der Waals surface area (Å²) in [6, 6.07) is 4.53. The SMILES string of the molecule is C=C(C)c1ccn(C2CCC(Cc3cc(F)c(F)c(F)c3)C2)c1/N=C\C. The van der Waals surface area contributed by atoms with Gasteiger partial charge in [-0.15, -0.1) is 0 Å². The van der Waals surface area contributed by atoms with Crippen molar-refractivity contribution in [2.45, 2.75) is 45.6 Å². The van der Waals surface area contributed by atoms with Crippen LogP contribution in [0.2, 0.25) is 0 Å². The van der Waals surface area contributed by atoms with E-state index >= 15 is 0 Å². The summed E-state index contributed by atoms with van der Waals surface area (Å²) in [5.74, 6) is -2.43. The van der Waals surface area contributed by atoms with Gasteiger partial charge in [0.2, 0.25) is 0 Å². The molecule has 1 aromatic heterocycles. The molecule has 0 bridgehead atoms. The molecule has 1 saturated carbocycles. The van der Waals surface area contributed by atoms with E-state index in [9.17, 15) is 13.2 Å². The molecule has 26 heavy (non-hydrogen) atoms. The van der Waals surface area contributed by atoms with Crippen LogP contribution < -0.4 is 0 Å². The molecule has 0 N–H and O–H groups in total. The highest BCUT2D eigenvalue weighted by Crippen LogP contribution is 2.41. The molecule has 1 fully saturated rings. The summed E-state index contributed by atoms with van der Waals surface area (Å²) in [4.78, 5) is 4.51. The van der Waals surface area contributed by atoms with Crippen molar-refractivity contribution in [2.75, 3.05) is 0 Å². The summed E-state index contributed by atoms with van der Waals surface area (Å²) in [5, 5.41) is 0. The van der Waals surface area contributed by atoms with Gasteiger partial charge in [-0.05, 0) is 74.8 Å². The van der Waals surface area contributed by atoms with Crippen LogP contribution in [0, 0.1) is 23.4 Å². The number of halogens is 3. The minimum Gasteiger partial charge on any atom is -0.329 e. The van der Waals surface area contributed by atoms with Crippen molar-refractivity contribution in [1.29, 1.82) is 0 Å². The lowest BCUT2D eigenvalue weighted by Crippen LogP contribution is -2.06. The molecule has 2 atom stereocenters. The van der Waals surface area contributed by atoms with Crippen molar-refractivity contribution in [3.63, 3.8) is 0 Å². The lowest BCUT2D eigenvalue weighted by molar-refractivity contribution is 0.440. The fraction of sp³-hybridized carbons (Fsp3) is 0.381. The number of hydrogen-bond donors (Lipinski definition) is 0. The zero-order valence-electron chi connectivity index (χ0n) is 15.1. The smallest absolute Gasteiger partial charge is 0.194 e. The number of aromatic nitrogens is 1. The molecule has 2 nitrogen and oxygen atoms in total. The van der Waals surface area contributed by atoms with Crippen LogP contribution in [0.4, 0.5) is 19.0 Å². The maximum absolute atomic E-state index is 13.4. The van der Waals surface area contributed by atoms with Crippen LogP contribution in [0.1, 0.15) is 50.3 Å². The maximum atomic E-state index is 13.4. The third kappa shape index (κ3) is 3.62. The van der Waals surface area contributed by atoms with Gasteiger partial charge < -0.3 is 4.57 Å². The molecule has 5 heteroatoms. The summed E-state index contributed by atoms with van der Waals surface area (Å²) >= 11 is 0. The van der Waals surface area contributed by atoms with E-state index in [2.05, 4.69) is 16.1 Å². The average molecular weight is 360 g/mol. The second-order valence-corrected chi connectivity index (χ2v) is 7.04. The molecule has 0 spiro atoms. The number of aliphatic imine (C=N–C) groups is 1. The Hall–Kier alpha value is -2.30. The Labute approximate surface area is 152 Å². The second-order valence-electron chi connectivity index (χ2n) is 7.04. The van der Waals surface area contributed by atoms with Gasteiger partial charge in [0.05, 0.1) is 0 Å². The Bertz CT molecular complexity index is 828. The Balaban J connectivity index is 1.76. The summed E-state index contributed by atoms with van der Waals surface area (Å²) in [7, 11) is 0. The topological polar surface area (TPSA) is 17.3 Å². The van der Waals surface area contributed by atoms with E-state index in [0.29, 0.717) is 23.9 Å². The summed E-state index contributed by atoms with van der Waals surface area (Å²) < 4.78 is 42.2. The lowest BCUT2D eigenvalue weighted by atomic mass is 9.97. The van der Waals surface area contributed by atoms with Gasteiger partial charge in [-0.3, -0.25) is 0 Å². The van der Waals surface area contributed by atoms with Gasteiger partial charge in [0.1, 0.15) is 5.82 Å². The van der Waals surface area contributed by atoms with Gasteiger partial charge in [0.15, 0.2) is 17.5 Å². The molecule has 2 aromatic rings. The van der Waals surface area contributed by atoms with Crippen LogP contribution in [0.3, 0.4) is 0 Å². The van der Waals surface area contributed by atoms with Gasteiger partial charge in [-0.2, -0.15) is 0 Å². The number of nitrogens with zero attached hydrogens (tertiary/aromatic N) is 2. The van der Waals surface area contributed by atoms with Crippen molar-refractivity contribution in [2.24, 2.45) is 10.9 Å². The van der Waals surface area contributed by atoms with E-state index in [1.54, 1.807) is 6.21 Å². The molecular weight excluding hydrogens is 337 g/mol. The molecule has 0 radical (unpaired) electrons. The first kappa shape index (κ1) is 18.5. The largest absolute Gasteiger partial charge is 0.329 e. The van der Waals surface area contributed by atoms with Crippen LogP contribution in [-0.4, -0.2) is 10.8 Å². The van der Waals surface area contributed by atoms with Gasteiger partial charge in [-0.25, -0.2) is 18.2 Å². The Kier molecular flexibility index (Phi) is 5.35. The molecule has 138 valence electrons. The molecular formula is C21H23F3N2. The summed E-state index contributed by atoms with van der Waals surface area (Å²) in [6.45, 7) is 7.86. The maximum Gasteiger partial charge on any atom is 0.194 e. The first-order valence-corrected chi connectivity index (χ1v) is 8.89. The monoisotopic (exact) mass is 360 g/mol. The van der Waals surface area contributed by atoms with Gasteiger partial charge >= 0.3 is 0 Å². The van der Waals surface area contributed by atoms with E-state index in [4.69, 9.17) is 0 Å². The van der Waals surface area contributed by atoms with Crippen molar-refractivity contribution in [1.82, 2.24) is 4.57 Å². The highest BCUT2D eigenvalue weighted by atomic mass is 19.2. The van der Waals surface area contributed by atoms with Gasteiger partial charge in [-0.1, -0.05) is 6.58 Å². The molecule has 1 heterocycles. The average Bonchev–Trinajstić information content (AvgIpc) is 3.19. The van der Waals surface area contributed by atoms with E-state index in [-0.39, 0.29) is 0 Å². The van der Waals surface area contributed by atoms with Gasteiger partial charge in [0.25, 0.3) is 0 Å².